The predicted molar refractivity (Wildman–Crippen MR) is 65.6 cm³/mol. The zero-order valence-electron chi connectivity index (χ0n) is 9.33. The van der Waals surface area contributed by atoms with Gasteiger partial charge in [-0.05, 0) is 24.3 Å². The Hall–Kier alpha value is -2.69. The van der Waals surface area contributed by atoms with Crippen LogP contribution in [0.5, 0.6) is 0 Å². The molecule has 0 aliphatic rings. The van der Waals surface area contributed by atoms with Gasteiger partial charge in [0, 0.05) is 11.8 Å². The lowest BCUT2D eigenvalue weighted by molar-refractivity contribution is 0.0697. The van der Waals surface area contributed by atoms with Crippen LogP contribution in [-0.4, -0.2) is 22.0 Å². The molecule has 1 heterocycles. The predicted octanol–water partition coefficient (Wildman–Crippen LogP) is 2.03. The van der Waals surface area contributed by atoms with E-state index in [1.165, 1.54) is 18.3 Å². The zero-order valence-corrected chi connectivity index (χ0v) is 9.33. The van der Waals surface area contributed by atoms with Crippen LogP contribution in [-0.2, 0) is 0 Å². The Balaban J connectivity index is 2.25. The SMILES string of the molecule is O=C(Nc1ncccc1C(=O)O)c1ccccc1. The van der Waals surface area contributed by atoms with Crippen molar-refractivity contribution in [2.45, 2.75) is 0 Å². The molecule has 2 rings (SSSR count). The van der Waals surface area contributed by atoms with E-state index >= 15 is 0 Å². The Kier molecular flexibility index (Phi) is 3.33. The number of anilines is 1. The molecule has 1 aromatic carbocycles. The first-order valence-electron chi connectivity index (χ1n) is 5.23. The Morgan fingerprint density at radius 3 is 2.44 bits per heavy atom. The Morgan fingerprint density at radius 2 is 1.78 bits per heavy atom. The van der Waals surface area contributed by atoms with Crippen LogP contribution in [0.2, 0.25) is 0 Å². The van der Waals surface area contributed by atoms with Crippen molar-refractivity contribution in [3.05, 3.63) is 59.8 Å². The topological polar surface area (TPSA) is 79.3 Å². The number of carboxylic acid groups (broad SMARTS) is 1. The van der Waals surface area contributed by atoms with Gasteiger partial charge in [-0.2, -0.15) is 0 Å². The molecular weight excluding hydrogens is 232 g/mol. The fraction of sp³-hybridized carbons (Fsp3) is 0. The minimum absolute atomic E-state index is 0.0400. The van der Waals surface area contributed by atoms with Crippen LogP contribution in [0.3, 0.4) is 0 Å². The molecule has 2 N–H and O–H groups in total. The molecular formula is C13H10N2O3. The van der Waals surface area contributed by atoms with Crippen LogP contribution < -0.4 is 5.32 Å². The second kappa shape index (κ2) is 5.09. The quantitative estimate of drug-likeness (QED) is 0.863. The van der Waals surface area contributed by atoms with E-state index in [-0.39, 0.29) is 11.4 Å². The molecule has 18 heavy (non-hydrogen) atoms. The molecule has 1 amide bonds. The number of carbonyl (C=O) groups is 2. The molecule has 5 heteroatoms. The molecule has 0 aliphatic carbocycles. The van der Waals surface area contributed by atoms with Crippen LogP contribution in [0.4, 0.5) is 5.82 Å². The summed E-state index contributed by atoms with van der Waals surface area (Å²) in [5.41, 5.74) is 0.404. The van der Waals surface area contributed by atoms with Crippen molar-refractivity contribution in [1.82, 2.24) is 4.98 Å². The van der Waals surface area contributed by atoms with E-state index < -0.39 is 11.9 Å². The maximum atomic E-state index is 11.8. The molecule has 0 radical (unpaired) electrons. The number of carboxylic acids is 1. The summed E-state index contributed by atoms with van der Waals surface area (Å²) < 4.78 is 0. The number of carbonyl (C=O) groups excluding carboxylic acids is 1. The van der Waals surface area contributed by atoms with Crippen molar-refractivity contribution in [3.8, 4) is 0 Å². The number of nitrogens with one attached hydrogen (secondary N) is 1. The maximum absolute atomic E-state index is 11.8. The van der Waals surface area contributed by atoms with Gasteiger partial charge in [0.15, 0.2) is 0 Å². The summed E-state index contributed by atoms with van der Waals surface area (Å²) in [5, 5.41) is 11.4. The van der Waals surface area contributed by atoms with Gasteiger partial charge in [0.25, 0.3) is 5.91 Å². The Morgan fingerprint density at radius 1 is 1.06 bits per heavy atom. The monoisotopic (exact) mass is 242 g/mol. The normalized spacial score (nSPS) is 9.78. The van der Waals surface area contributed by atoms with E-state index in [0.717, 1.165) is 0 Å². The largest absolute Gasteiger partial charge is 0.478 e. The van der Waals surface area contributed by atoms with E-state index in [2.05, 4.69) is 10.3 Å². The van der Waals surface area contributed by atoms with E-state index in [1.54, 1.807) is 30.3 Å². The molecule has 0 saturated heterocycles. The van der Waals surface area contributed by atoms with Gasteiger partial charge in [-0.15, -0.1) is 0 Å². The number of aromatic nitrogens is 1. The number of amides is 1. The van der Waals surface area contributed by atoms with Gasteiger partial charge in [-0.1, -0.05) is 18.2 Å². The van der Waals surface area contributed by atoms with Crippen LogP contribution in [0.25, 0.3) is 0 Å². The number of nitrogens with zero attached hydrogens (tertiary/aromatic N) is 1. The van der Waals surface area contributed by atoms with E-state index in [9.17, 15) is 9.59 Å². The van der Waals surface area contributed by atoms with Gasteiger partial charge in [-0.3, -0.25) is 4.79 Å². The average molecular weight is 242 g/mol. The van der Waals surface area contributed by atoms with Gasteiger partial charge in [0.2, 0.25) is 0 Å². The summed E-state index contributed by atoms with van der Waals surface area (Å²) in [6.45, 7) is 0. The van der Waals surface area contributed by atoms with Crippen molar-refractivity contribution >= 4 is 17.7 Å². The second-order valence-electron chi connectivity index (χ2n) is 3.52. The summed E-state index contributed by atoms with van der Waals surface area (Å²) >= 11 is 0. The third-order valence-electron chi connectivity index (χ3n) is 2.31. The molecule has 0 spiro atoms. The number of hydrogen-bond donors (Lipinski definition) is 2. The van der Waals surface area contributed by atoms with Crippen molar-refractivity contribution in [1.29, 1.82) is 0 Å². The highest BCUT2D eigenvalue weighted by Crippen LogP contribution is 2.12. The lowest BCUT2D eigenvalue weighted by Crippen LogP contribution is -2.15. The molecule has 5 nitrogen and oxygen atoms in total. The van der Waals surface area contributed by atoms with E-state index in [0.29, 0.717) is 5.56 Å². The molecule has 0 unspecified atom stereocenters. The first-order chi connectivity index (χ1) is 8.68. The molecule has 2 aromatic rings. The van der Waals surface area contributed by atoms with Gasteiger partial charge in [-0.25, -0.2) is 9.78 Å². The molecule has 0 saturated carbocycles. The highest BCUT2D eigenvalue weighted by atomic mass is 16.4. The van der Waals surface area contributed by atoms with Crippen LogP contribution >= 0.6 is 0 Å². The smallest absolute Gasteiger partial charge is 0.339 e. The Bertz CT molecular complexity index is 582. The van der Waals surface area contributed by atoms with Gasteiger partial charge >= 0.3 is 5.97 Å². The number of rotatable bonds is 3. The van der Waals surface area contributed by atoms with Crippen molar-refractivity contribution in [3.63, 3.8) is 0 Å². The number of benzene rings is 1. The highest BCUT2D eigenvalue weighted by Gasteiger charge is 2.13. The van der Waals surface area contributed by atoms with Crippen molar-refractivity contribution in [2.75, 3.05) is 5.32 Å². The third kappa shape index (κ3) is 2.52. The number of pyridine rings is 1. The lowest BCUT2D eigenvalue weighted by atomic mass is 10.2. The highest BCUT2D eigenvalue weighted by molar-refractivity contribution is 6.06. The second-order valence-corrected chi connectivity index (χ2v) is 3.52. The first-order valence-corrected chi connectivity index (χ1v) is 5.23. The summed E-state index contributed by atoms with van der Waals surface area (Å²) in [5.74, 6) is -1.48. The molecule has 90 valence electrons. The summed E-state index contributed by atoms with van der Waals surface area (Å²) in [6, 6.07) is 11.4. The van der Waals surface area contributed by atoms with Crippen molar-refractivity contribution < 1.29 is 14.7 Å². The van der Waals surface area contributed by atoms with E-state index in [4.69, 9.17) is 5.11 Å². The van der Waals surface area contributed by atoms with Crippen molar-refractivity contribution in [2.24, 2.45) is 0 Å². The minimum Gasteiger partial charge on any atom is -0.478 e. The minimum atomic E-state index is -1.13. The number of hydrogen-bond acceptors (Lipinski definition) is 3. The molecule has 0 atom stereocenters. The summed E-state index contributed by atoms with van der Waals surface area (Å²) in [7, 11) is 0. The van der Waals surface area contributed by atoms with Gasteiger partial charge < -0.3 is 10.4 Å². The Labute approximate surface area is 103 Å². The standard InChI is InChI=1S/C13H10N2O3/c16-12(9-5-2-1-3-6-9)15-11-10(13(17)18)7-4-8-14-11/h1-8H,(H,17,18)(H,14,15,16). The van der Waals surface area contributed by atoms with Crippen LogP contribution in [0, 0.1) is 0 Å². The summed E-state index contributed by atoms with van der Waals surface area (Å²) in [4.78, 5) is 26.6. The molecule has 1 aromatic heterocycles. The fourth-order valence-corrected chi connectivity index (χ4v) is 1.45. The zero-order chi connectivity index (χ0) is 13.0. The first kappa shape index (κ1) is 11.8. The number of aromatic carboxylic acids is 1. The lowest BCUT2D eigenvalue weighted by Gasteiger charge is -2.06. The molecule has 0 fully saturated rings. The fourth-order valence-electron chi connectivity index (χ4n) is 1.45. The maximum Gasteiger partial charge on any atom is 0.339 e. The van der Waals surface area contributed by atoms with E-state index in [1.807, 2.05) is 0 Å². The molecule has 0 bridgehead atoms. The van der Waals surface area contributed by atoms with Gasteiger partial charge in [0.05, 0.1) is 0 Å². The molecule has 0 aliphatic heterocycles. The van der Waals surface area contributed by atoms with Crippen LogP contribution in [0.15, 0.2) is 48.7 Å². The van der Waals surface area contributed by atoms with Crippen LogP contribution in [0.1, 0.15) is 20.7 Å². The van der Waals surface area contributed by atoms with Gasteiger partial charge in [0.1, 0.15) is 11.4 Å². The third-order valence-corrected chi connectivity index (χ3v) is 2.31. The average Bonchev–Trinajstić information content (AvgIpc) is 2.40. The summed E-state index contributed by atoms with van der Waals surface area (Å²) in [6.07, 6.45) is 1.42.